The Kier molecular flexibility index (Phi) is 9.20. The monoisotopic (exact) mass is 628 g/mol. The van der Waals surface area contributed by atoms with Gasteiger partial charge in [-0.3, -0.25) is 19.5 Å². The summed E-state index contributed by atoms with van der Waals surface area (Å²) < 4.78 is 2.06. The Labute approximate surface area is 276 Å². The predicted octanol–water partition coefficient (Wildman–Crippen LogP) is 6.69. The van der Waals surface area contributed by atoms with Crippen LogP contribution in [0.3, 0.4) is 0 Å². The van der Waals surface area contributed by atoms with Crippen molar-refractivity contribution in [3.05, 3.63) is 101 Å². The average Bonchev–Trinajstić information content (AvgIpc) is 3.47. The molecule has 0 saturated carbocycles. The maximum Gasteiger partial charge on any atom is 0.255 e. The molecule has 0 bridgehead atoms. The quantitative estimate of drug-likeness (QED) is 0.150. The molecule has 3 aromatic carbocycles. The number of anilines is 2. The molecule has 1 aliphatic heterocycles. The summed E-state index contributed by atoms with van der Waals surface area (Å²) in [6, 6.07) is 24.2. The summed E-state index contributed by atoms with van der Waals surface area (Å²) in [5.41, 5.74) is 8.60. The number of carbonyl (C=O) groups excluding carboxylic acids is 2. The topological polar surface area (TPSA) is 91.3 Å². The minimum Gasteiger partial charge on any atom is -0.384 e. The highest BCUT2D eigenvalue weighted by Gasteiger charge is 2.26. The van der Waals surface area contributed by atoms with E-state index in [0.29, 0.717) is 12.1 Å². The molecule has 3 heterocycles. The molecule has 1 saturated heterocycles. The van der Waals surface area contributed by atoms with Gasteiger partial charge in [-0.1, -0.05) is 30.3 Å². The molecule has 2 amide bonds. The number of hydrogen-bond acceptors (Lipinski definition) is 5. The molecule has 1 atom stereocenters. The average molecular weight is 629 g/mol. The number of nitrogens with zero attached hydrogens (tertiary/aromatic N) is 3. The molecule has 242 valence electrons. The van der Waals surface area contributed by atoms with Crippen LogP contribution in [0.25, 0.3) is 21.8 Å². The van der Waals surface area contributed by atoms with Gasteiger partial charge in [0.15, 0.2) is 0 Å². The van der Waals surface area contributed by atoms with Crippen molar-refractivity contribution in [1.82, 2.24) is 19.8 Å². The molecule has 47 heavy (non-hydrogen) atoms. The highest BCUT2D eigenvalue weighted by atomic mass is 16.2. The van der Waals surface area contributed by atoms with Crippen LogP contribution in [-0.2, 0) is 31.2 Å². The first-order valence-electron chi connectivity index (χ1n) is 17.1. The zero-order valence-corrected chi connectivity index (χ0v) is 27.2. The van der Waals surface area contributed by atoms with Crippen LogP contribution in [0.1, 0.15) is 59.3 Å². The molecule has 7 rings (SSSR count). The third kappa shape index (κ3) is 7.03. The summed E-state index contributed by atoms with van der Waals surface area (Å²) in [5.74, 6) is 0.0345. The van der Waals surface area contributed by atoms with Gasteiger partial charge in [-0.05, 0) is 105 Å². The lowest BCUT2D eigenvalue weighted by atomic mass is 9.92. The van der Waals surface area contributed by atoms with Crippen LogP contribution in [0.5, 0.6) is 0 Å². The number of amides is 2. The molecule has 8 nitrogen and oxygen atoms in total. The molecule has 1 unspecified atom stereocenters. The number of piperidine rings is 1. The van der Waals surface area contributed by atoms with E-state index in [0.717, 1.165) is 86.0 Å². The Balaban J connectivity index is 0.870. The summed E-state index contributed by atoms with van der Waals surface area (Å²) in [6.07, 6.45) is 9.37. The fraction of sp³-hybridized carbons (Fsp3) is 0.359. The Morgan fingerprint density at radius 1 is 0.936 bits per heavy atom. The normalized spacial score (nSPS) is 16.6. The van der Waals surface area contributed by atoms with Crippen LogP contribution in [0.2, 0.25) is 0 Å². The Morgan fingerprint density at radius 3 is 2.68 bits per heavy atom. The van der Waals surface area contributed by atoms with Crippen molar-refractivity contribution < 1.29 is 9.59 Å². The largest absolute Gasteiger partial charge is 0.384 e. The smallest absolute Gasteiger partial charge is 0.255 e. The van der Waals surface area contributed by atoms with Crippen LogP contribution >= 0.6 is 0 Å². The number of aromatic nitrogens is 2. The van der Waals surface area contributed by atoms with Crippen molar-refractivity contribution in [3.8, 4) is 0 Å². The van der Waals surface area contributed by atoms with Crippen molar-refractivity contribution in [2.24, 2.45) is 13.0 Å². The number of carbonyl (C=O) groups is 2. The molecular formula is C39H44N6O2. The lowest BCUT2D eigenvalue weighted by Gasteiger charge is -2.32. The number of fused-ring (bicyclic) bond motifs is 3. The van der Waals surface area contributed by atoms with Gasteiger partial charge in [0.25, 0.3) is 5.91 Å². The standard InChI is InChI=1S/C39H44N6O2/c1-44-23-19-29-24-31(17-18-36(29)44)42-39(47)28-15-13-27(14-16-28)25-45-22-6-8-30(26-45)38(46)41-21-7-20-40-37-32-9-2-4-11-34(32)43-35-12-5-3-10-33(35)37/h2,4,9,11,13-19,23-24,30H,3,5-8,10,12,20-22,25-26H2,1H3,(H,40,43)(H,41,46)(H,42,47). The number of likely N-dealkylation sites (tertiary alicyclic amines) is 1. The predicted molar refractivity (Wildman–Crippen MR) is 190 cm³/mol. The van der Waals surface area contributed by atoms with Gasteiger partial charge in [0.05, 0.1) is 11.4 Å². The number of para-hydroxylation sites is 1. The lowest BCUT2D eigenvalue weighted by Crippen LogP contribution is -2.43. The lowest BCUT2D eigenvalue weighted by molar-refractivity contribution is -0.126. The molecule has 0 radical (unpaired) electrons. The molecule has 0 spiro atoms. The SMILES string of the molecule is Cn1ccc2cc(NC(=O)c3ccc(CN4CCCC(C(=O)NCCCNc5c6c(nc7ccccc57)CCCC6)C4)cc3)ccc21. The van der Waals surface area contributed by atoms with Gasteiger partial charge in [0.2, 0.25) is 5.91 Å². The van der Waals surface area contributed by atoms with Crippen molar-refractivity contribution in [2.75, 3.05) is 36.8 Å². The molecule has 1 fully saturated rings. The maximum absolute atomic E-state index is 13.1. The molecule has 5 aromatic rings. The van der Waals surface area contributed by atoms with E-state index in [4.69, 9.17) is 4.98 Å². The van der Waals surface area contributed by atoms with E-state index in [-0.39, 0.29) is 17.7 Å². The van der Waals surface area contributed by atoms with E-state index in [1.54, 1.807) is 0 Å². The van der Waals surface area contributed by atoms with E-state index < -0.39 is 0 Å². The first-order chi connectivity index (χ1) is 23.0. The second kappa shape index (κ2) is 14.0. The number of nitrogens with one attached hydrogen (secondary N) is 3. The van der Waals surface area contributed by atoms with Gasteiger partial charge in [-0.2, -0.15) is 0 Å². The van der Waals surface area contributed by atoms with Crippen molar-refractivity contribution >= 4 is 45.0 Å². The zero-order chi connectivity index (χ0) is 32.2. The van der Waals surface area contributed by atoms with E-state index in [1.165, 1.54) is 35.2 Å². The van der Waals surface area contributed by atoms with Crippen molar-refractivity contribution in [3.63, 3.8) is 0 Å². The van der Waals surface area contributed by atoms with Crippen LogP contribution in [-0.4, -0.2) is 52.4 Å². The van der Waals surface area contributed by atoms with Crippen LogP contribution in [0, 0.1) is 5.92 Å². The number of hydrogen-bond donors (Lipinski definition) is 3. The second-order valence-electron chi connectivity index (χ2n) is 13.1. The summed E-state index contributed by atoms with van der Waals surface area (Å²) in [6.45, 7) is 3.97. The third-order valence-corrected chi connectivity index (χ3v) is 9.77. The second-order valence-corrected chi connectivity index (χ2v) is 13.1. The summed E-state index contributed by atoms with van der Waals surface area (Å²) >= 11 is 0. The van der Waals surface area contributed by atoms with Crippen molar-refractivity contribution in [2.45, 2.75) is 51.5 Å². The molecule has 2 aromatic heterocycles. The van der Waals surface area contributed by atoms with Gasteiger partial charge in [-0.15, -0.1) is 0 Å². The fourth-order valence-electron chi connectivity index (χ4n) is 7.23. The number of rotatable bonds is 10. The van der Waals surface area contributed by atoms with E-state index >= 15 is 0 Å². The maximum atomic E-state index is 13.1. The minimum atomic E-state index is -0.120. The van der Waals surface area contributed by atoms with E-state index in [1.807, 2.05) is 61.8 Å². The van der Waals surface area contributed by atoms with Crippen LogP contribution < -0.4 is 16.0 Å². The molecular weight excluding hydrogens is 584 g/mol. The van der Waals surface area contributed by atoms with Crippen LogP contribution in [0.4, 0.5) is 11.4 Å². The molecule has 2 aliphatic rings. The highest BCUT2D eigenvalue weighted by Crippen LogP contribution is 2.33. The fourth-order valence-corrected chi connectivity index (χ4v) is 7.23. The highest BCUT2D eigenvalue weighted by molar-refractivity contribution is 6.05. The Bertz CT molecular complexity index is 1900. The van der Waals surface area contributed by atoms with E-state index in [9.17, 15) is 9.59 Å². The third-order valence-electron chi connectivity index (χ3n) is 9.77. The zero-order valence-electron chi connectivity index (χ0n) is 27.2. The number of pyridine rings is 1. The Morgan fingerprint density at radius 2 is 1.79 bits per heavy atom. The first kappa shape index (κ1) is 30.9. The van der Waals surface area contributed by atoms with Gasteiger partial charge >= 0.3 is 0 Å². The summed E-state index contributed by atoms with van der Waals surface area (Å²) in [7, 11) is 2.01. The van der Waals surface area contributed by atoms with Gasteiger partial charge in [0.1, 0.15) is 0 Å². The summed E-state index contributed by atoms with van der Waals surface area (Å²) in [5, 5.41) is 12.2. The van der Waals surface area contributed by atoms with Gasteiger partial charge in [0, 0.05) is 78.3 Å². The Hall–Kier alpha value is -4.69. The molecule has 1 aliphatic carbocycles. The molecule has 3 N–H and O–H groups in total. The first-order valence-corrected chi connectivity index (χ1v) is 17.1. The van der Waals surface area contributed by atoms with Crippen LogP contribution in [0.15, 0.2) is 79.0 Å². The van der Waals surface area contributed by atoms with E-state index in [2.05, 4.69) is 49.7 Å². The number of benzene rings is 3. The molecule has 8 heteroatoms. The minimum absolute atomic E-state index is 0.000117. The number of aryl methyl sites for hydroxylation is 2. The van der Waals surface area contributed by atoms with Gasteiger partial charge < -0.3 is 20.5 Å². The van der Waals surface area contributed by atoms with Crippen molar-refractivity contribution in [1.29, 1.82) is 0 Å². The van der Waals surface area contributed by atoms with Gasteiger partial charge in [-0.25, -0.2) is 0 Å². The summed E-state index contributed by atoms with van der Waals surface area (Å²) in [4.78, 5) is 33.3.